The molecule has 4 nitrogen and oxygen atoms in total. The highest BCUT2D eigenvalue weighted by atomic mass is 32.1. The molecule has 108 valence electrons. The van der Waals surface area contributed by atoms with Gasteiger partial charge in [-0.05, 0) is 23.8 Å². The number of pyridine rings is 1. The highest BCUT2D eigenvalue weighted by Gasteiger charge is 2.06. The quantitative estimate of drug-likeness (QED) is 0.591. The van der Waals surface area contributed by atoms with Crippen molar-refractivity contribution >= 4 is 27.5 Å². The van der Waals surface area contributed by atoms with E-state index >= 15 is 0 Å². The Labute approximate surface area is 131 Å². The van der Waals surface area contributed by atoms with Crippen molar-refractivity contribution in [3.63, 3.8) is 0 Å². The minimum atomic E-state index is 0.763. The third kappa shape index (κ3) is 2.58. The molecule has 0 aliphatic heterocycles. The molecule has 2 N–H and O–H groups in total. The van der Waals surface area contributed by atoms with Crippen LogP contribution in [0.4, 0.5) is 5.82 Å². The highest BCUT2D eigenvalue weighted by Crippen LogP contribution is 2.26. The second kappa shape index (κ2) is 5.61. The van der Waals surface area contributed by atoms with Crippen molar-refractivity contribution < 1.29 is 0 Å². The predicted molar refractivity (Wildman–Crippen MR) is 91.0 cm³/mol. The molecule has 0 spiro atoms. The highest BCUT2D eigenvalue weighted by molar-refractivity contribution is 7.16. The van der Waals surface area contributed by atoms with E-state index in [9.17, 15) is 0 Å². The van der Waals surface area contributed by atoms with Gasteiger partial charge in [0.1, 0.15) is 11.5 Å². The molecule has 4 aromatic rings. The van der Waals surface area contributed by atoms with E-state index in [1.54, 1.807) is 11.3 Å². The number of fused-ring (bicyclic) bond motifs is 1. The molecule has 0 aliphatic carbocycles. The van der Waals surface area contributed by atoms with Crippen LogP contribution in [0.2, 0.25) is 0 Å². The lowest BCUT2D eigenvalue weighted by atomic mass is 10.2. The van der Waals surface area contributed by atoms with Gasteiger partial charge < -0.3 is 10.3 Å². The minimum Gasteiger partial charge on any atom is -0.366 e. The first-order valence-electron chi connectivity index (χ1n) is 7.05. The molecule has 3 aromatic heterocycles. The number of thiazole rings is 1. The lowest BCUT2D eigenvalue weighted by molar-refractivity contribution is 1.11. The molecule has 3 heterocycles. The molecule has 1 aromatic carbocycles. The molecule has 22 heavy (non-hydrogen) atoms. The van der Waals surface area contributed by atoms with Crippen molar-refractivity contribution in [1.29, 1.82) is 0 Å². The number of nitrogens with zero attached hydrogens (tertiary/aromatic N) is 2. The monoisotopic (exact) mass is 306 g/mol. The zero-order valence-electron chi connectivity index (χ0n) is 11.8. The van der Waals surface area contributed by atoms with Crippen LogP contribution < -0.4 is 5.32 Å². The number of H-pyrrole nitrogens is 1. The SMILES string of the molecule is c1ccc(CNc2cc(-c3cc4scnc4[nH]3)ccn2)cc1. The first-order valence-corrected chi connectivity index (χ1v) is 7.93. The summed E-state index contributed by atoms with van der Waals surface area (Å²) in [5, 5.41) is 3.36. The first kappa shape index (κ1) is 13.0. The van der Waals surface area contributed by atoms with Gasteiger partial charge in [0.25, 0.3) is 0 Å². The third-order valence-corrected chi connectivity index (χ3v) is 4.29. The van der Waals surface area contributed by atoms with Gasteiger partial charge in [-0.25, -0.2) is 9.97 Å². The Morgan fingerprint density at radius 3 is 2.82 bits per heavy atom. The van der Waals surface area contributed by atoms with Gasteiger partial charge in [0.2, 0.25) is 0 Å². The van der Waals surface area contributed by atoms with Crippen molar-refractivity contribution in [2.75, 3.05) is 5.32 Å². The van der Waals surface area contributed by atoms with Gasteiger partial charge in [-0.2, -0.15) is 0 Å². The van der Waals surface area contributed by atoms with E-state index in [1.165, 1.54) is 10.3 Å². The Hall–Kier alpha value is -2.66. The van der Waals surface area contributed by atoms with E-state index in [2.05, 4.69) is 44.5 Å². The van der Waals surface area contributed by atoms with Crippen molar-refractivity contribution in [2.24, 2.45) is 0 Å². The Morgan fingerprint density at radius 1 is 1.05 bits per heavy atom. The molecule has 0 unspecified atom stereocenters. The molecule has 0 aliphatic rings. The average molecular weight is 306 g/mol. The van der Waals surface area contributed by atoms with Gasteiger partial charge >= 0.3 is 0 Å². The molecular formula is C17H14N4S. The van der Waals surface area contributed by atoms with Crippen LogP contribution in [-0.2, 0) is 6.54 Å². The number of rotatable bonds is 4. The second-order valence-corrected chi connectivity index (χ2v) is 5.90. The predicted octanol–water partition coefficient (Wildman–Crippen LogP) is 4.30. The van der Waals surface area contributed by atoms with Crippen LogP contribution in [-0.4, -0.2) is 15.0 Å². The van der Waals surface area contributed by atoms with E-state index in [4.69, 9.17) is 0 Å². The number of hydrogen-bond acceptors (Lipinski definition) is 4. The maximum absolute atomic E-state index is 4.38. The fourth-order valence-electron chi connectivity index (χ4n) is 2.39. The second-order valence-electron chi connectivity index (χ2n) is 5.02. The molecule has 0 atom stereocenters. The van der Waals surface area contributed by atoms with E-state index in [0.29, 0.717) is 0 Å². The van der Waals surface area contributed by atoms with Crippen LogP contribution >= 0.6 is 11.3 Å². The molecule has 5 heteroatoms. The van der Waals surface area contributed by atoms with Crippen LogP contribution in [0.15, 0.2) is 60.2 Å². The van der Waals surface area contributed by atoms with Crippen molar-refractivity contribution in [3.05, 3.63) is 65.8 Å². The van der Waals surface area contributed by atoms with Gasteiger partial charge in [-0.15, -0.1) is 11.3 Å². The van der Waals surface area contributed by atoms with Gasteiger partial charge in [0, 0.05) is 24.0 Å². The van der Waals surface area contributed by atoms with Gasteiger partial charge in [-0.3, -0.25) is 0 Å². The molecule has 0 saturated heterocycles. The summed E-state index contributed by atoms with van der Waals surface area (Å²) in [4.78, 5) is 12.0. The van der Waals surface area contributed by atoms with E-state index < -0.39 is 0 Å². The summed E-state index contributed by atoms with van der Waals surface area (Å²) in [6, 6.07) is 16.5. The van der Waals surface area contributed by atoms with Gasteiger partial charge in [0.05, 0.1) is 10.2 Å². The number of hydrogen-bond donors (Lipinski definition) is 2. The smallest absolute Gasteiger partial charge is 0.148 e. The Bertz CT molecular complexity index is 867. The maximum Gasteiger partial charge on any atom is 0.148 e. The maximum atomic E-state index is 4.38. The van der Waals surface area contributed by atoms with Crippen molar-refractivity contribution in [3.8, 4) is 11.3 Å². The summed E-state index contributed by atoms with van der Waals surface area (Å²) in [5.74, 6) is 0.868. The largest absolute Gasteiger partial charge is 0.366 e. The van der Waals surface area contributed by atoms with Crippen LogP contribution in [0.25, 0.3) is 21.6 Å². The summed E-state index contributed by atoms with van der Waals surface area (Å²) in [7, 11) is 0. The summed E-state index contributed by atoms with van der Waals surface area (Å²) < 4.78 is 1.17. The molecule has 0 bridgehead atoms. The Morgan fingerprint density at radius 2 is 1.95 bits per heavy atom. The van der Waals surface area contributed by atoms with E-state index in [0.717, 1.165) is 29.3 Å². The molecule has 0 fully saturated rings. The van der Waals surface area contributed by atoms with Crippen molar-refractivity contribution in [2.45, 2.75) is 6.54 Å². The summed E-state index contributed by atoms with van der Waals surface area (Å²) >= 11 is 1.64. The fraction of sp³-hybridized carbons (Fsp3) is 0.0588. The normalized spacial score (nSPS) is 10.9. The molecule has 0 radical (unpaired) electrons. The minimum absolute atomic E-state index is 0.763. The van der Waals surface area contributed by atoms with Crippen LogP contribution in [0, 0.1) is 0 Å². The summed E-state index contributed by atoms with van der Waals surface area (Å²) in [6.07, 6.45) is 1.82. The Balaban J connectivity index is 1.56. The molecule has 0 amide bonds. The number of aromatic amines is 1. The lowest BCUT2D eigenvalue weighted by Gasteiger charge is -2.07. The van der Waals surface area contributed by atoms with Crippen LogP contribution in [0.5, 0.6) is 0 Å². The number of anilines is 1. The zero-order valence-corrected chi connectivity index (χ0v) is 12.6. The summed E-state index contributed by atoms with van der Waals surface area (Å²) in [5.41, 5.74) is 6.20. The third-order valence-electron chi connectivity index (χ3n) is 3.51. The zero-order chi connectivity index (χ0) is 14.8. The van der Waals surface area contributed by atoms with Gasteiger partial charge in [0.15, 0.2) is 0 Å². The first-order chi connectivity index (χ1) is 10.9. The number of nitrogens with one attached hydrogen (secondary N) is 2. The average Bonchev–Trinajstić information content (AvgIpc) is 3.16. The van der Waals surface area contributed by atoms with Crippen molar-refractivity contribution in [1.82, 2.24) is 15.0 Å². The Kier molecular flexibility index (Phi) is 3.33. The molecule has 0 saturated carbocycles. The molecular weight excluding hydrogens is 292 g/mol. The molecule has 4 rings (SSSR count). The fourth-order valence-corrected chi connectivity index (χ4v) is 3.06. The lowest BCUT2D eigenvalue weighted by Crippen LogP contribution is -2.01. The van der Waals surface area contributed by atoms with E-state index in [1.807, 2.05) is 36.0 Å². The number of benzene rings is 1. The standard InChI is InChI=1S/C17H14N4S/c1-2-4-12(5-3-1)10-19-16-8-13(6-7-18-16)14-9-15-17(21-14)20-11-22-15/h1-9,11,21H,10H2,(H,18,19). The van der Waals surface area contributed by atoms with Crippen LogP contribution in [0.3, 0.4) is 0 Å². The van der Waals surface area contributed by atoms with Crippen LogP contribution in [0.1, 0.15) is 5.56 Å². The van der Waals surface area contributed by atoms with Gasteiger partial charge in [-0.1, -0.05) is 30.3 Å². The topological polar surface area (TPSA) is 53.6 Å². The number of aromatic nitrogens is 3. The van der Waals surface area contributed by atoms with E-state index in [-0.39, 0.29) is 0 Å². The summed E-state index contributed by atoms with van der Waals surface area (Å²) in [6.45, 7) is 0.763.